The molecule has 0 spiro atoms. The van der Waals surface area contributed by atoms with Crippen molar-refractivity contribution in [2.24, 2.45) is 0 Å². The van der Waals surface area contributed by atoms with E-state index in [2.05, 4.69) is 31.3 Å². The van der Waals surface area contributed by atoms with Gasteiger partial charge in [-0.2, -0.15) is 0 Å². The largest absolute Gasteiger partial charge is 0.394 e. The number of hydrogen-bond acceptors (Lipinski definition) is 8. The molecule has 0 bridgehead atoms. The SMILES string of the molecule is CCCCCCCCC/C=C\CCCCCCCC(=O)NC(COC1OC(CO)C(O)C(O)C1O)C(O)/C=C/CCCCCCCCCCCCCCCCCCCCC. The van der Waals surface area contributed by atoms with Gasteiger partial charge in [-0.15, -0.1) is 0 Å². The lowest BCUT2D eigenvalue weighted by Crippen LogP contribution is -2.60. The summed E-state index contributed by atoms with van der Waals surface area (Å²) < 4.78 is 11.2. The van der Waals surface area contributed by atoms with Crippen LogP contribution in [0, 0.1) is 0 Å². The molecule has 1 heterocycles. The number of nitrogens with one attached hydrogen (secondary N) is 1. The van der Waals surface area contributed by atoms with Gasteiger partial charge in [0.2, 0.25) is 5.91 Å². The Labute approximate surface area is 369 Å². The van der Waals surface area contributed by atoms with Crippen molar-refractivity contribution in [3.63, 3.8) is 0 Å². The topological polar surface area (TPSA) is 149 Å². The number of rotatable bonds is 43. The molecular weight excluding hydrogens is 755 g/mol. The minimum absolute atomic E-state index is 0.183. The van der Waals surface area contributed by atoms with Crippen LogP contribution in [-0.2, 0) is 14.3 Å². The van der Waals surface area contributed by atoms with Crippen LogP contribution in [0.25, 0.3) is 0 Å². The second kappa shape index (κ2) is 41.7. The third-order valence-electron chi connectivity index (χ3n) is 12.3. The third-order valence-corrected chi connectivity index (χ3v) is 12.3. The minimum atomic E-state index is -1.57. The van der Waals surface area contributed by atoms with Crippen molar-refractivity contribution in [3.05, 3.63) is 24.3 Å². The standard InChI is InChI=1S/C51H97NO8/c1-3-5-7-9-11-13-15-17-19-21-22-23-24-25-26-28-30-32-34-36-38-40-45(54)44(43-59-51-50(58)49(57)48(56)46(42-53)60-51)52-47(55)41-39-37-35-33-31-29-27-20-18-16-14-12-10-8-6-4-2/h20,27,38,40,44-46,48-51,53-54,56-58H,3-19,21-26,28-37,39,41-43H2,1-2H3,(H,52,55)/b27-20-,40-38+. The first kappa shape index (κ1) is 56.7. The Hall–Kier alpha value is -1.33. The predicted octanol–water partition coefficient (Wildman–Crippen LogP) is 11.5. The summed E-state index contributed by atoms with van der Waals surface area (Å²) in [6.07, 6.45) is 43.7. The molecule has 1 amide bonds. The van der Waals surface area contributed by atoms with Crippen LogP contribution in [-0.4, -0.2) is 87.5 Å². The second-order valence-corrected chi connectivity index (χ2v) is 18.0. The lowest BCUT2D eigenvalue weighted by molar-refractivity contribution is -0.302. The highest BCUT2D eigenvalue weighted by Gasteiger charge is 2.44. The van der Waals surface area contributed by atoms with Crippen LogP contribution in [0.3, 0.4) is 0 Å². The van der Waals surface area contributed by atoms with Gasteiger partial charge in [0.15, 0.2) is 6.29 Å². The zero-order chi connectivity index (χ0) is 43.7. The average Bonchev–Trinajstić information content (AvgIpc) is 3.25. The molecule has 9 nitrogen and oxygen atoms in total. The molecule has 354 valence electrons. The van der Waals surface area contributed by atoms with Crippen LogP contribution in [0.5, 0.6) is 0 Å². The summed E-state index contributed by atoms with van der Waals surface area (Å²) in [4.78, 5) is 13.0. The molecule has 60 heavy (non-hydrogen) atoms. The number of allylic oxidation sites excluding steroid dienone is 3. The van der Waals surface area contributed by atoms with Crippen molar-refractivity contribution in [1.29, 1.82) is 0 Å². The molecule has 1 aliphatic heterocycles. The third kappa shape index (κ3) is 31.5. The Morgan fingerprint density at radius 2 is 0.933 bits per heavy atom. The van der Waals surface area contributed by atoms with Crippen LogP contribution in [0.15, 0.2) is 24.3 Å². The van der Waals surface area contributed by atoms with E-state index in [4.69, 9.17) is 9.47 Å². The van der Waals surface area contributed by atoms with Gasteiger partial charge in [0.1, 0.15) is 24.4 Å². The van der Waals surface area contributed by atoms with Gasteiger partial charge < -0.3 is 40.3 Å². The molecule has 7 unspecified atom stereocenters. The molecule has 1 rings (SSSR count). The van der Waals surface area contributed by atoms with Gasteiger partial charge in [-0.3, -0.25) is 4.79 Å². The van der Waals surface area contributed by atoms with E-state index in [1.165, 1.54) is 161 Å². The molecule has 1 saturated heterocycles. The van der Waals surface area contributed by atoms with E-state index < -0.39 is 49.5 Å². The van der Waals surface area contributed by atoms with Crippen LogP contribution in [0.1, 0.15) is 239 Å². The summed E-state index contributed by atoms with van der Waals surface area (Å²) in [6.45, 7) is 3.78. The van der Waals surface area contributed by atoms with E-state index in [0.717, 1.165) is 57.8 Å². The van der Waals surface area contributed by atoms with Gasteiger partial charge in [-0.25, -0.2) is 0 Å². The van der Waals surface area contributed by atoms with Crippen molar-refractivity contribution in [2.75, 3.05) is 13.2 Å². The van der Waals surface area contributed by atoms with Crippen molar-refractivity contribution >= 4 is 5.91 Å². The van der Waals surface area contributed by atoms with E-state index in [-0.39, 0.29) is 12.5 Å². The smallest absolute Gasteiger partial charge is 0.220 e. The predicted molar refractivity (Wildman–Crippen MR) is 249 cm³/mol. The maximum atomic E-state index is 13.0. The monoisotopic (exact) mass is 852 g/mol. The molecular formula is C51H97NO8. The Kier molecular flexibility index (Phi) is 39.4. The van der Waals surface area contributed by atoms with E-state index in [1.54, 1.807) is 6.08 Å². The number of carbonyl (C=O) groups excluding carboxylic acids is 1. The summed E-state index contributed by atoms with van der Waals surface area (Å²) in [6, 6.07) is -0.806. The van der Waals surface area contributed by atoms with E-state index in [0.29, 0.717) is 6.42 Å². The Balaban J connectivity index is 2.30. The highest BCUT2D eigenvalue weighted by Crippen LogP contribution is 2.23. The molecule has 9 heteroatoms. The van der Waals surface area contributed by atoms with Crippen LogP contribution >= 0.6 is 0 Å². The highest BCUT2D eigenvalue weighted by atomic mass is 16.7. The number of amides is 1. The highest BCUT2D eigenvalue weighted by molar-refractivity contribution is 5.76. The van der Waals surface area contributed by atoms with Gasteiger partial charge >= 0.3 is 0 Å². The number of aliphatic hydroxyl groups excluding tert-OH is 5. The summed E-state index contributed by atoms with van der Waals surface area (Å²) in [7, 11) is 0. The summed E-state index contributed by atoms with van der Waals surface area (Å²) in [5.41, 5.74) is 0. The molecule has 0 aromatic carbocycles. The molecule has 0 saturated carbocycles. The van der Waals surface area contributed by atoms with Gasteiger partial charge in [0.25, 0.3) is 0 Å². The quantitative estimate of drug-likeness (QED) is 0.0262. The fourth-order valence-corrected chi connectivity index (χ4v) is 8.15. The number of carbonyl (C=O) groups is 1. The summed E-state index contributed by atoms with van der Waals surface area (Å²) in [5.74, 6) is -0.183. The van der Waals surface area contributed by atoms with Crippen LogP contribution in [0.2, 0.25) is 0 Å². The summed E-state index contributed by atoms with van der Waals surface area (Å²) >= 11 is 0. The number of aliphatic hydroxyl groups is 5. The Morgan fingerprint density at radius 3 is 1.35 bits per heavy atom. The normalized spacial score (nSPS) is 20.7. The van der Waals surface area contributed by atoms with Crippen molar-refractivity contribution in [3.8, 4) is 0 Å². The fraction of sp³-hybridized carbons (Fsp3) is 0.902. The second-order valence-electron chi connectivity index (χ2n) is 18.0. The van der Waals surface area contributed by atoms with E-state index in [9.17, 15) is 30.3 Å². The Morgan fingerprint density at radius 1 is 0.550 bits per heavy atom. The van der Waals surface area contributed by atoms with E-state index in [1.807, 2.05) is 6.08 Å². The van der Waals surface area contributed by atoms with Crippen molar-refractivity contribution < 1.29 is 39.8 Å². The molecule has 0 radical (unpaired) electrons. The van der Waals surface area contributed by atoms with E-state index >= 15 is 0 Å². The maximum absolute atomic E-state index is 13.0. The Bertz CT molecular complexity index is 992. The van der Waals surface area contributed by atoms with Crippen molar-refractivity contribution in [2.45, 2.75) is 281 Å². The number of hydrogen-bond donors (Lipinski definition) is 6. The number of ether oxygens (including phenoxy) is 2. The zero-order valence-electron chi connectivity index (χ0n) is 39.0. The first-order valence-corrected chi connectivity index (χ1v) is 25.6. The van der Waals surface area contributed by atoms with Crippen LogP contribution < -0.4 is 5.32 Å². The summed E-state index contributed by atoms with van der Waals surface area (Å²) in [5, 5.41) is 54.3. The average molecular weight is 852 g/mol. The van der Waals surface area contributed by atoms with Crippen molar-refractivity contribution in [1.82, 2.24) is 5.32 Å². The van der Waals surface area contributed by atoms with Gasteiger partial charge in [0.05, 0.1) is 25.4 Å². The fourth-order valence-electron chi connectivity index (χ4n) is 8.15. The molecule has 1 aliphatic rings. The lowest BCUT2D eigenvalue weighted by atomic mass is 9.99. The van der Waals surface area contributed by atoms with Gasteiger partial charge in [-0.1, -0.05) is 212 Å². The number of unbranched alkanes of at least 4 members (excludes halogenated alkanes) is 31. The minimum Gasteiger partial charge on any atom is -0.394 e. The molecule has 0 aromatic rings. The first-order valence-electron chi connectivity index (χ1n) is 25.6. The van der Waals surface area contributed by atoms with Crippen LogP contribution in [0.4, 0.5) is 0 Å². The zero-order valence-corrected chi connectivity index (χ0v) is 39.0. The molecule has 6 N–H and O–H groups in total. The molecule has 0 aliphatic carbocycles. The molecule has 1 fully saturated rings. The van der Waals surface area contributed by atoms with Gasteiger partial charge in [-0.05, 0) is 44.9 Å². The first-order chi connectivity index (χ1) is 29.3. The molecule has 0 aromatic heterocycles. The molecule has 7 atom stereocenters. The van der Waals surface area contributed by atoms with Gasteiger partial charge in [0, 0.05) is 6.42 Å². The maximum Gasteiger partial charge on any atom is 0.220 e. The lowest BCUT2D eigenvalue weighted by Gasteiger charge is -2.40.